The third kappa shape index (κ3) is 2.23. The molecular weight excluding hydrogens is 237 g/mol. The van der Waals surface area contributed by atoms with Crippen molar-refractivity contribution in [2.24, 2.45) is 5.73 Å². The van der Waals surface area contributed by atoms with Gasteiger partial charge in [-0.2, -0.15) is 13.2 Å². The van der Waals surface area contributed by atoms with Crippen LogP contribution in [-0.4, -0.2) is 11.0 Å². The van der Waals surface area contributed by atoms with Gasteiger partial charge in [-0.15, -0.1) is 0 Å². The van der Waals surface area contributed by atoms with E-state index in [2.05, 4.69) is 0 Å². The molecule has 1 saturated carbocycles. The van der Waals surface area contributed by atoms with Crippen LogP contribution in [0.2, 0.25) is 0 Å². The van der Waals surface area contributed by atoms with Gasteiger partial charge < -0.3 is 5.73 Å². The van der Waals surface area contributed by atoms with Crippen molar-refractivity contribution in [3.63, 3.8) is 0 Å². The molecule has 1 fully saturated rings. The lowest BCUT2D eigenvalue weighted by molar-refractivity contribution is -0.385. The molecule has 2 rings (SSSR count). The van der Waals surface area contributed by atoms with Gasteiger partial charge in [-0.1, -0.05) is 6.07 Å². The van der Waals surface area contributed by atoms with Crippen molar-refractivity contribution in [2.45, 2.75) is 24.6 Å². The van der Waals surface area contributed by atoms with Gasteiger partial charge in [0.1, 0.15) is 0 Å². The Labute approximate surface area is 94.4 Å². The summed E-state index contributed by atoms with van der Waals surface area (Å²) >= 11 is 0. The zero-order valence-electron chi connectivity index (χ0n) is 8.57. The van der Waals surface area contributed by atoms with E-state index in [1.807, 2.05) is 0 Å². The summed E-state index contributed by atoms with van der Waals surface area (Å²) in [7, 11) is 0. The number of hydrogen-bond donors (Lipinski definition) is 1. The fourth-order valence-electron chi connectivity index (χ4n) is 1.76. The van der Waals surface area contributed by atoms with E-state index in [-0.39, 0.29) is 17.5 Å². The number of rotatable bonds is 2. The fraction of sp³-hybridized carbons (Fsp3) is 0.400. The van der Waals surface area contributed by atoms with E-state index in [0.29, 0.717) is 12.5 Å². The highest BCUT2D eigenvalue weighted by Crippen LogP contribution is 2.44. The van der Waals surface area contributed by atoms with Crippen LogP contribution in [0.25, 0.3) is 0 Å². The lowest BCUT2D eigenvalue weighted by Crippen LogP contribution is -2.08. The summed E-state index contributed by atoms with van der Waals surface area (Å²) in [5.74, 6) is -0.197. The van der Waals surface area contributed by atoms with E-state index in [1.165, 1.54) is 0 Å². The molecular formula is C10H9F3N2O2. The number of alkyl halides is 3. The van der Waals surface area contributed by atoms with Crippen LogP contribution in [0.15, 0.2) is 18.2 Å². The van der Waals surface area contributed by atoms with E-state index >= 15 is 0 Å². The molecule has 0 amide bonds. The molecule has 2 atom stereocenters. The van der Waals surface area contributed by atoms with Crippen LogP contribution in [0.3, 0.4) is 0 Å². The van der Waals surface area contributed by atoms with E-state index in [4.69, 9.17) is 5.73 Å². The maximum atomic E-state index is 12.4. The molecule has 1 aliphatic rings. The minimum absolute atomic E-state index is 0.189. The summed E-state index contributed by atoms with van der Waals surface area (Å²) in [5, 5.41) is 10.7. The highest BCUT2D eigenvalue weighted by Gasteiger charge is 2.41. The molecule has 7 heteroatoms. The molecule has 4 nitrogen and oxygen atoms in total. The Bertz CT molecular complexity index is 473. The van der Waals surface area contributed by atoms with Gasteiger partial charge in [0.25, 0.3) is 5.69 Å². The highest BCUT2D eigenvalue weighted by atomic mass is 19.4. The molecule has 0 heterocycles. The Hall–Kier alpha value is -1.63. The molecule has 2 unspecified atom stereocenters. The summed E-state index contributed by atoms with van der Waals surface area (Å²) in [6.07, 6.45) is -4.00. The Kier molecular flexibility index (Phi) is 2.57. The molecule has 0 aliphatic heterocycles. The van der Waals surface area contributed by atoms with E-state index in [1.54, 1.807) is 0 Å². The first kappa shape index (κ1) is 11.8. The van der Waals surface area contributed by atoms with Crippen molar-refractivity contribution >= 4 is 5.69 Å². The van der Waals surface area contributed by atoms with Gasteiger partial charge in [-0.25, -0.2) is 0 Å². The van der Waals surface area contributed by atoms with Gasteiger partial charge in [-0.3, -0.25) is 10.1 Å². The second-order valence-corrected chi connectivity index (χ2v) is 4.03. The van der Waals surface area contributed by atoms with Gasteiger partial charge in [0.2, 0.25) is 0 Å². The smallest absolute Gasteiger partial charge is 0.327 e. The average Bonchev–Trinajstić information content (AvgIpc) is 2.93. The van der Waals surface area contributed by atoms with Crippen LogP contribution in [-0.2, 0) is 6.18 Å². The van der Waals surface area contributed by atoms with Crippen LogP contribution in [0, 0.1) is 10.1 Å². The number of nitrogens with zero attached hydrogens (tertiary/aromatic N) is 1. The van der Waals surface area contributed by atoms with Crippen LogP contribution < -0.4 is 5.73 Å². The summed E-state index contributed by atoms with van der Waals surface area (Å²) in [6.45, 7) is 0. The molecule has 0 spiro atoms. The number of halogens is 3. The zero-order valence-corrected chi connectivity index (χ0v) is 8.57. The number of nitro benzene ring substituents is 1. The van der Waals surface area contributed by atoms with Gasteiger partial charge in [0, 0.05) is 23.6 Å². The van der Waals surface area contributed by atoms with Gasteiger partial charge >= 0.3 is 6.18 Å². The second-order valence-electron chi connectivity index (χ2n) is 4.03. The topological polar surface area (TPSA) is 69.2 Å². The van der Waals surface area contributed by atoms with Crippen molar-refractivity contribution in [3.05, 3.63) is 39.4 Å². The fourth-order valence-corrected chi connectivity index (χ4v) is 1.76. The maximum Gasteiger partial charge on any atom is 0.416 e. The van der Waals surface area contributed by atoms with Gasteiger partial charge in [-0.05, 0) is 12.5 Å². The predicted molar refractivity (Wildman–Crippen MR) is 53.4 cm³/mol. The number of nitrogens with two attached hydrogens (primary N) is 1. The van der Waals surface area contributed by atoms with E-state index in [9.17, 15) is 23.3 Å². The van der Waals surface area contributed by atoms with Crippen LogP contribution in [0.4, 0.5) is 18.9 Å². The molecule has 0 saturated heterocycles. The largest absolute Gasteiger partial charge is 0.416 e. The van der Waals surface area contributed by atoms with Gasteiger partial charge in [0.15, 0.2) is 0 Å². The molecule has 0 radical (unpaired) electrons. The SMILES string of the molecule is NC1CC1c1ccc(C(F)(F)F)cc1[N+](=O)[O-]. The third-order valence-corrected chi connectivity index (χ3v) is 2.79. The minimum atomic E-state index is -4.57. The Balaban J connectivity index is 2.45. The Morgan fingerprint density at radius 3 is 2.41 bits per heavy atom. The molecule has 1 aromatic rings. The first-order chi connectivity index (χ1) is 7.80. The molecule has 17 heavy (non-hydrogen) atoms. The summed E-state index contributed by atoms with van der Waals surface area (Å²) in [4.78, 5) is 9.94. The normalized spacial score (nSPS) is 23.5. The summed E-state index contributed by atoms with van der Waals surface area (Å²) in [5.41, 5.74) is 4.32. The molecule has 1 aromatic carbocycles. The molecule has 0 bridgehead atoms. The monoisotopic (exact) mass is 246 g/mol. The number of nitro groups is 1. The van der Waals surface area contributed by atoms with Crippen LogP contribution in [0.1, 0.15) is 23.5 Å². The van der Waals surface area contributed by atoms with Crippen LogP contribution >= 0.6 is 0 Å². The zero-order chi connectivity index (χ0) is 12.8. The average molecular weight is 246 g/mol. The highest BCUT2D eigenvalue weighted by molar-refractivity contribution is 5.49. The minimum Gasteiger partial charge on any atom is -0.327 e. The molecule has 92 valence electrons. The standard InChI is InChI=1S/C10H9F3N2O2/c11-10(12,13)5-1-2-6(7-4-8(7)14)9(3-5)15(16)17/h1-3,7-8H,4,14H2. The van der Waals surface area contributed by atoms with Crippen molar-refractivity contribution in [3.8, 4) is 0 Å². The first-order valence-corrected chi connectivity index (χ1v) is 4.92. The number of hydrogen-bond acceptors (Lipinski definition) is 3. The third-order valence-electron chi connectivity index (χ3n) is 2.79. The predicted octanol–water partition coefficient (Wildman–Crippen LogP) is 2.43. The van der Waals surface area contributed by atoms with Crippen LogP contribution in [0.5, 0.6) is 0 Å². The Morgan fingerprint density at radius 1 is 1.41 bits per heavy atom. The molecule has 2 N–H and O–H groups in total. The second kappa shape index (κ2) is 3.69. The van der Waals surface area contributed by atoms with Crippen molar-refractivity contribution in [1.29, 1.82) is 0 Å². The summed E-state index contributed by atoms with van der Waals surface area (Å²) in [6, 6.07) is 2.39. The molecule has 1 aliphatic carbocycles. The first-order valence-electron chi connectivity index (χ1n) is 4.92. The quantitative estimate of drug-likeness (QED) is 0.643. The van der Waals surface area contributed by atoms with Crippen molar-refractivity contribution in [1.82, 2.24) is 0 Å². The van der Waals surface area contributed by atoms with Crippen molar-refractivity contribution in [2.75, 3.05) is 0 Å². The maximum absolute atomic E-state index is 12.4. The summed E-state index contributed by atoms with van der Waals surface area (Å²) < 4.78 is 37.2. The molecule has 0 aromatic heterocycles. The van der Waals surface area contributed by atoms with Gasteiger partial charge in [0.05, 0.1) is 10.5 Å². The number of benzene rings is 1. The van der Waals surface area contributed by atoms with Crippen molar-refractivity contribution < 1.29 is 18.1 Å². The lowest BCUT2D eigenvalue weighted by Gasteiger charge is -2.08. The lowest BCUT2D eigenvalue weighted by atomic mass is 10.0. The Morgan fingerprint density at radius 2 is 2.00 bits per heavy atom. The van der Waals surface area contributed by atoms with E-state index < -0.39 is 22.4 Å². The van der Waals surface area contributed by atoms with E-state index in [0.717, 1.165) is 12.1 Å².